The van der Waals surface area contributed by atoms with Crippen LogP contribution < -0.4 is 4.90 Å². The Morgan fingerprint density at radius 2 is 2.06 bits per heavy atom. The highest BCUT2D eigenvalue weighted by Gasteiger charge is 2.18. The highest BCUT2D eigenvalue weighted by molar-refractivity contribution is 14.1. The van der Waals surface area contributed by atoms with Gasteiger partial charge in [0.05, 0.1) is 18.9 Å². The smallest absolute Gasteiger partial charge is 0.177 e. The minimum absolute atomic E-state index is 0.496. The van der Waals surface area contributed by atoms with Crippen LogP contribution in [0.4, 0.5) is 5.69 Å². The molecular weight excluding hydrogens is 354 g/mol. The number of ether oxygens (including phenoxy) is 1. The molecule has 0 bridgehead atoms. The Hall–Kier alpha value is -0.530. The van der Waals surface area contributed by atoms with Crippen LogP contribution in [0.3, 0.4) is 0 Å². The number of hydrogen-bond donors (Lipinski definition) is 0. The van der Waals surface area contributed by atoms with Crippen molar-refractivity contribution in [3.8, 4) is 0 Å². The number of rotatable bonds is 1. The second-order valence-electron chi connectivity index (χ2n) is 3.83. The number of halogens is 2. The first kappa shape index (κ1) is 11.6. The zero-order chi connectivity index (χ0) is 11.8. The van der Waals surface area contributed by atoms with E-state index in [9.17, 15) is 0 Å². The van der Waals surface area contributed by atoms with Crippen LogP contribution in [0.15, 0.2) is 16.5 Å². The Kier molecular flexibility index (Phi) is 3.14. The maximum absolute atomic E-state index is 6.04. The summed E-state index contributed by atoms with van der Waals surface area (Å²) in [6, 6.07) is 3.75. The van der Waals surface area contributed by atoms with Crippen molar-refractivity contribution in [1.82, 2.24) is 4.98 Å². The Labute approximate surface area is 117 Å². The van der Waals surface area contributed by atoms with E-state index in [2.05, 4.69) is 32.5 Å². The standard InChI is InChI=1S/C11H10ClIN2O2/c12-9-6-8(15-1-3-16-4-2-15)11-7(14-9)5-10(13)17-11/h5-6H,1-4H2. The number of anilines is 1. The third-order valence-corrected chi connectivity index (χ3v) is 3.48. The van der Waals surface area contributed by atoms with Crippen molar-refractivity contribution < 1.29 is 9.15 Å². The molecule has 3 rings (SSSR count). The van der Waals surface area contributed by atoms with E-state index < -0.39 is 0 Å². The van der Waals surface area contributed by atoms with Gasteiger partial charge in [-0.3, -0.25) is 0 Å². The number of furan rings is 1. The summed E-state index contributed by atoms with van der Waals surface area (Å²) in [7, 11) is 0. The van der Waals surface area contributed by atoms with Crippen molar-refractivity contribution in [3.63, 3.8) is 0 Å². The summed E-state index contributed by atoms with van der Waals surface area (Å²) in [5.74, 6) is 0. The summed E-state index contributed by atoms with van der Waals surface area (Å²) >= 11 is 8.18. The molecule has 1 aliphatic heterocycles. The average Bonchev–Trinajstić information content (AvgIpc) is 2.69. The van der Waals surface area contributed by atoms with Crippen molar-refractivity contribution in [1.29, 1.82) is 0 Å². The van der Waals surface area contributed by atoms with Crippen LogP contribution in [0.5, 0.6) is 0 Å². The highest BCUT2D eigenvalue weighted by Crippen LogP contribution is 2.31. The zero-order valence-corrected chi connectivity index (χ0v) is 11.9. The number of pyridine rings is 1. The summed E-state index contributed by atoms with van der Waals surface area (Å²) in [5.41, 5.74) is 2.62. The van der Waals surface area contributed by atoms with E-state index in [1.54, 1.807) is 0 Å². The van der Waals surface area contributed by atoms with Crippen molar-refractivity contribution in [3.05, 3.63) is 21.1 Å². The number of aromatic nitrogens is 1. The first-order valence-electron chi connectivity index (χ1n) is 5.32. The Balaban J connectivity index is 2.12. The molecule has 0 radical (unpaired) electrons. The summed E-state index contributed by atoms with van der Waals surface area (Å²) < 4.78 is 11.9. The third-order valence-electron chi connectivity index (χ3n) is 2.75. The first-order chi connectivity index (χ1) is 8.24. The van der Waals surface area contributed by atoms with E-state index in [1.165, 1.54) is 0 Å². The number of nitrogens with zero attached hydrogens (tertiary/aromatic N) is 2. The van der Waals surface area contributed by atoms with Gasteiger partial charge in [0.2, 0.25) is 0 Å². The van der Waals surface area contributed by atoms with Crippen LogP contribution in [-0.2, 0) is 4.74 Å². The molecule has 0 amide bonds. The molecule has 90 valence electrons. The predicted molar refractivity (Wildman–Crippen MR) is 74.8 cm³/mol. The fraction of sp³-hybridized carbons (Fsp3) is 0.364. The molecule has 0 aliphatic carbocycles. The number of hydrogen-bond acceptors (Lipinski definition) is 4. The van der Waals surface area contributed by atoms with Gasteiger partial charge in [-0.05, 0) is 22.6 Å². The molecule has 0 aromatic carbocycles. The summed E-state index contributed by atoms with van der Waals surface area (Å²) in [4.78, 5) is 6.48. The van der Waals surface area contributed by atoms with Gasteiger partial charge in [0.15, 0.2) is 9.35 Å². The van der Waals surface area contributed by atoms with Gasteiger partial charge in [0, 0.05) is 25.2 Å². The van der Waals surface area contributed by atoms with E-state index in [-0.39, 0.29) is 0 Å². The minimum Gasteiger partial charge on any atom is -0.446 e. The van der Waals surface area contributed by atoms with Crippen LogP contribution in [0, 0.1) is 3.77 Å². The topological polar surface area (TPSA) is 38.5 Å². The molecule has 4 nitrogen and oxygen atoms in total. The Morgan fingerprint density at radius 3 is 2.82 bits per heavy atom. The molecular formula is C11H10ClIN2O2. The Morgan fingerprint density at radius 1 is 1.29 bits per heavy atom. The lowest BCUT2D eigenvalue weighted by Gasteiger charge is -2.28. The molecule has 1 saturated heterocycles. The van der Waals surface area contributed by atoms with Crippen molar-refractivity contribution in [2.24, 2.45) is 0 Å². The molecule has 0 saturated carbocycles. The minimum atomic E-state index is 0.496. The third kappa shape index (κ3) is 2.23. The van der Waals surface area contributed by atoms with Gasteiger partial charge in [0.1, 0.15) is 10.7 Å². The van der Waals surface area contributed by atoms with E-state index in [4.69, 9.17) is 20.8 Å². The normalized spacial score (nSPS) is 16.7. The largest absolute Gasteiger partial charge is 0.446 e. The lowest BCUT2D eigenvalue weighted by molar-refractivity contribution is 0.122. The van der Waals surface area contributed by atoms with Crippen molar-refractivity contribution >= 4 is 51.0 Å². The molecule has 0 unspecified atom stereocenters. The second kappa shape index (κ2) is 4.62. The molecule has 0 atom stereocenters. The van der Waals surface area contributed by atoms with Gasteiger partial charge < -0.3 is 14.1 Å². The van der Waals surface area contributed by atoms with Crippen LogP contribution in [-0.4, -0.2) is 31.3 Å². The van der Waals surface area contributed by atoms with Gasteiger partial charge in [-0.1, -0.05) is 11.6 Å². The Bertz CT molecular complexity index is 552. The first-order valence-corrected chi connectivity index (χ1v) is 6.78. The van der Waals surface area contributed by atoms with Gasteiger partial charge in [-0.15, -0.1) is 0 Å². The fourth-order valence-corrected chi connectivity index (χ4v) is 2.69. The molecule has 0 spiro atoms. The van der Waals surface area contributed by atoms with E-state index >= 15 is 0 Å². The zero-order valence-electron chi connectivity index (χ0n) is 8.95. The molecule has 0 N–H and O–H groups in total. The van der Waals surface area contributed by atoms with Crippen LogP contribution >= 0.6 is 34.2 Å². The maximum atomic E-state index is 6.04. The quantitative estimate of drug-likeness (QED) is 0.576. The second-order valence-corrected chi connectivity index (χ2v) is 5.28. The number of morpholine rings is 1. The van der Waals surface area contributed by atoms with E-state index in [0.29, 0.717) is 5.15 Å². The molecule has 1 aliphatic rings. The van der Waals surface area contributed by atoms with Crippen LogP contribution in [0.1, 0.15) is 0 Å². The summed E-state index contributed by atoms with van der Waals surface area (Å²) in [6.07, 6.45) is 0. The van der Waals surface area contributed by atoms with E-state index in [1.807, 2.05) is 12.1 Å². The molecule has 2 aromatic rings. The van der Waals surface area contributed by atoms with Gasteiger partial charge in [0.25, 0.3) is 0 Å². The summed E-state index contributed by atoms with van der Waals surface area (Å²) in [5, 5.41) is 0.496. The maximum Gasteiger partial charge on any atom is 0.177 e. The molecule has 17 heavy (non-hydrogen) atoms. The predicted octanol–water partition coefficient (Wildman–Crippen LogP) is 2.92. The molecule has 1 fully saturated rings. The molecule has 6 heteroatoms. The van der Waals surface area contributed by atoms with Crippen LogP contribution in [0.25, 0.3) is 11.1 Å². The van der Waals surface area contributed by atoms with Crippen LogP contribution in [0.2, 0.25) is 5.15 Å². The van der Waals surface area contributed by atoms with Gasteiger partial charge >= 0.3 is 0 Å². The van der Waals surface area contributed by atoms with Crippen molar-refractivity contribution in [2.45, 2.75) is 0 Å². The van der Waals surface area contributed by atoms with E-state index in [0.717, 1.165) is 46.9 Å². The average molecular weight is 365 g/mol. The van der Waals surface area contributed by atoms with Gasteiger partial charge in [-0.25, -0.2) is 4.98 Å². The molecule has 2 aromatic heterocycles. The van der Waals surface area contributed by atoms with Gasteiger partial charge in [-0.2, -0.15) is 0 Å². The monoisotopic (exact) mass is 364 g/mol. The lowest BCUT2D eigenvalue weighted by Crippen LogP contribution is -2.36. The fourth-order valence-electron chi connectivity index (χ4n) is 1.98. The molecule has 3 heterocycles. The number of fused-ring (bicyclic) bond motifs is 1. The highest BCUT2D eigenvalue weighted by atomic mass is 127. The van der Waals surface area contributed by atoms with Crippen molar-refractivity contribution in [2.75, 3.05) is 31.2 Å². The SMILES string of the molecule is Clc1cc(N2CCOCC2)c2oc(I)cc2n1. The lowest BCUT2D eigenvalue weighted by atomic mass is 10.3. The summed E-state index contributed by atoms with van der Waals surface area (Å²) in [6.45, 7) is 3.18.